The van der Waals surface area contributed by atoms with E-state index in [0.29, 0.717) is 11.8 Å². The van der Waals surface area contributed by atoms with Crippen LogP contribution in [0.3, 0.4) is 0 Å². The fraction of sp³-hybridized carbons (Fsp3) is 0.923. The van der Waals surface area contributed by atoms with E-state index < -0.39 is 10.0 Å². The Kier molecular flexibility index (Phi) is 2.91. The molecule has 0 spiro atoms. The maximum Gasteiger partial charge on any atom is 0.218 e. The van der Waals surface area contributed by atoms with Gasteiger partial charge in [0.15, 0.2) is 0 Å². The van der Waals surface area contributed by atoms with Crippen LogP contribution in [-0.2, 0) is 10.0 Å². The van der Waals surface area contributed by atoms with Crippen LogP contribution >= 0.6 is 0 Å². The van der Waals surface area contributed by atoms with Gasteiger partial charge in [-0.2, -0.15) is 9.57 Å². The Bertz CT molecular complexity index is 452. The van der Waals surface area contributed by atoms with Crippen molar-refractivity contribution in [3.05, 3.63) is 0 Å². The van der Waals surface area contributed by atoms with E-state index in [-0.39, 0.29) is 11.8 Å². The third-order valence-corrected chi connectivity index (χ3v) is 7.67. The Morgan fingerprint density at radius 1 is 1.11 bits per heavy atom. The third kappa shape index (κ3) is 1.78. The van der Waals surface area contributed by atoms with Gasteiger partial charge in [0, 0.05) is 7.05 Å². The van der Waals surface area contributed by atoms with Crippen LogP contribution in [0.4, 0.5) is 0 Å². The van der Waals surface area contributed by atoms with E-state index in [9.17, 15) is 8.42 Å². The lowest BCUT2D eigenvalue weighted by Gasteiger charge is -2.54. The summed E-state index contributed by atoms with van der Waals surface area (Å²) in [6, 6.07) is 1.94. The highest BCUT2D eigenvalue weighted by molar-refractivity contribution is 7.89. The molecule has 4 rings (SSSR count). The molecule has 0 atom stereocenters. The Morgan fingerprint density at radius 2 is 1.61 bits per heavy atom. The zero-order chi connectivity index (χ0) is 12.9. The minimum absolute atomic E-state index is 0.0227. The van der Waals surface area contributed by atoms with E-state index in [4.69, 9.17) is 5.26 Å². The summed E-state index contributed by atoms with van der Waals surface area (Å²) in [6.45, 7) is -0.0227. The van der Waals surface area contributed by atoms with Gasteiger partial charge in [-0.15, -0.1) is 0 Å². The highest BCUT2D eigenvalue weighted by Crippen LogP contribution is 2.55. The first-order chi connectivity index (χ1) is 8.52. The van der Waals surface area contributed by atoms with Crippen molar-refractivity contribution in [1.29, 1.82) is 5.26 Å². The summed E-state index contributed by atoms with van der Waals surface area (Å²) in [7, 11) is -1.73. The second-order valence-corrected chi connectivity index (χ2v) is 8.55. The highest BCUT2D eigenvalue weighted by atomic mass is 32.2. The quantitative estimate of drug-likeness (QED) is 0.730. The largest absolute Gasteiger partial charge is 0.218 e. The van der Waals surface area contributed by atoms with E-state index in [0.717, 1.165) is 37.5 Å². The van der Waals surface area contributed by atoms with Crippen LogP contribution in [0.5, 0.6) is 0 Å². The monoisotopic (exact) mass is 268 g/mol. The van der Waals surface area contributed by atoms with Crippen molar-refractivity contribution in [2.24, 2.45) is 23.7 Å². The first kappa shape index (κ1) is 12.4. The number of rotatable bonds is 3. The van der Waals surface area contributed by atoms with Gasteiger partial charge in [-0.05, 0) is 55.8 Å². The van der Waals surface area contributed by atoms with Crippen molar-refractivity contribution >= 4 is 10.0 Å². The molecule has 4 nitrogen and oxygen atoms in total. The molecule has 4 bridgehead atoms. The minimum Gasteiger partial charge on any atom is -0.212 e. The van der Waals surface area contributed by atoms with Gasteiger partial charge in [0.05, 0.1) is 11.3 Å². The van der Waals surface area contributed by atoms with E-state index in [2.05, 4.69) is 0 Å². The lowest BCUT2D eigenvalue weighted by molar-refractivity contribution is 0.0223. The molecule has 0 aromatic heterocycles. The van der Waals surface area contributed by atoms with Crippen LogP contribution in [0.1, 0.15) is 32.1 Å². The Balaban J connectivity index is 1.87. The molecule has 100 valence electrons. The van der Waals surface area contributed by atoms with Crippen LogP contribution < -0.4 is 0 Å². The zero-order valence-electron chi connectivity index (χ0n) is 10.7. The van der Waals surface area contributed by atoms with Crippen molar-refractivity contribution in [1.82, 2.24) is 4.31 Å². The molecule has 0 radical (unpaired) electrons. The lowest BCUT2D eigenvalue weighted by atomic mass is 9.56. The Morgan fingerprint density at radius 3 is 2.06 bits per heavy atom. The van der Waals surface area contributed by atoms with Crippen molar-refractivity contribution in [3.8, 4) is 6.07 Å². The molecule has 0 saturated heterocycles. The smallest absolute Gasteiger partial charge is 0.212 e. The summed E-state index contributed by atoms with van der Waals surface area (Å²) in [6.07, 6.45) is 5.71. The number of nitriles is 1. The van der Waals surface area contributed by atoms with Gasteiger partial charge in [-0.3, -0.25) is 0 Å². The van der Waals surface area contributed by atoms with Crippen LogP contribution in [0, 0.1) is 35.0 Å². The van der Waals surface area contributed by atoms with E-state index in [1.807, 2.05) is 6.07 Å². The van der Waals surface area contributed by atoms with Crippen LogP contribution in [0.2, 0.25) is 0 Å². The number of sulfonamides is 1. The molecule has 0 heterocycles. The molecule has 0 unspecified atom stereocenters. The summed E-state index contributed by atoms with van der Waals surface area (Å²) < 4.78 is 26.4. The maximum absolute atomic E-state index is 12.6. The second kappa shape index (κ2) is 4.21. The molecule has 4 saturated carbocycles. The topological polar surface area (TPSA) is 61.2 Å². The molecule has 0 aromatic carbocycles. The molecular weight excluding hydrogens is 248 g/mol. The molecule has 5 heteroatoms. The summed E-state index contributed by atoms with van der Waals surface area (Å²) in [5.41, 5.74) is 0. The molecule has 4 fully saturated rings. The molecule has 0 N–H and O–H groups in total. The highest BCUT2D eigenvalue weighted by Gasteiger charge is 2.53. The van der Waals surface area contributed by atoms with Gasteiger partial charge in [0.25, 0.3) is 0 Å². The summed E-state index contributed by atoms with van der Waals surface area (Å²) in [4.78, 5) is 0. The fourth-order valence-electron chi connectivity index (χ4n) is 4.76. The average molecular weight is 268 g/mol. The summed E-state index contributed by atoms with van der Waals surface area (Å²) in [5, 5.41) is 8.49. The predicted octanol–water partition coefficient (Wildman–Crippen LogP) is 1.60. The molecule has 18 heavy (non-hydrogen) atoms. The second-order valence-electron chi connectivity index (χ2n) is 6.35. The first-order valence-electron chi connectivity index (χ1n) is 6.84. The minimum atomic E-state index is -3.28. The number of nitrogens with zero attached hydrogens (tertiary/aromatic N) is 2. The van der Waals surface area contributed by atoms with Gasteiger partial charge < -0.3 is 0 Å². The molecular formula is C13H20N2O2S. The molecule has 0 aliphatic heterocycles. The van der Waals surface area contributed by atoms with Crippen LogP contribution in [-0.4, -0.2) is 31.6 Å². The zero-order valence-corrected chi connectivity index (χ0v) is 11.6. The maximum atomic E-state index is 12.6. The van der Waals surface area contributed by atoms with Gasteiger partial charge in [-0.25, -0.2) is 8.42 Å². The third-order valence-electron chi connectivity index (χ3n) is 5.21. The van der Waals surface area contributed by atoms with Crippen molar-refractivity contribution in [2.75, 3.05) is 13.6 Å². The van der Waals surface area contributed by atoms with Crippen molar-refractivity contribution in [3.63, 3.8) is 0 Å². The van der Waals surface area contributed by atoms with E-state index in [1.54, 1.807) is 7.05 Å². The summed E-state index contributed by atoms with van der Waals surface area (Å²) >= 11 is 0. The van der Waals surface area contributed by atoms with Gasteiger partial charge >= 0.3 is 0 Å². The predicted molar refractivity (Wildman–Crippen MR) is 68.0 cm³/mol. The fourth-order valence-corrected chi connectivity index (χ4v) is 6.83. The van der Waals surface area contributed by atoms with Crippen molar-refractivity contribution in [2.45, 2.75) is 37.4 Å². The van der Waals surface area contributed by atoms with Crippen LogP contribution in [0.15, 0.2) is 0 Å². The first-order valence-corrected chi connectivity index (χ1v) is 8.34. The number of hydrogen-bond donors (Lipinski definition) is 0. The van der Waals surface area contributed by atoms with Gasteiger partial charge in [0.1, 0.15) is 6.54 Å². The van der Waals surface area contributed by atoms with Crippen molar-refractivity contribution < 1.29 is 8.42 Å². The van der Waals surface area contributed by atoms with E-state index >= 15 is 0 Å². The van der Waals surface area contributed by atoms with Gasteiger partial charge in [0.2, 0.25) is 10.0 Å². The number of hydrogen-bond acceptors (Lipinski definition) is 3. The standard InChI is InChI=1S/C13H20N2O2S/c1-15(3-2-14)18(16,17)13-11-5-9-4-10(7-11)8-12(13)6-9/h9-13H,3-8H2,1H3. The van der Waals surface area contributed by atoms with Crippen LogP contribution in [0.25, 0.3) is 0 Å². The van der Waals surface area contributed by atoms with Gasteiger partial charge in [-0.1, -0.05) is 0 Å². The molecule has 4 aliphatic carbocycles. The average Bonchev–Trinajstić information content (AvgIpc) is 2.27. The lowest BCUT2D eigenvalue weighted by Crippen LogP contribution is -2.54. The Labute approximate surface area is 109 Å². The summed E-state index contributed by atoms with van der Waals surface area (Å²) in [5.74, 6) is 2.26. The molecule has 4 aliphatic rings. The Hall–Kier alpha value is -0.600. The van der Waals surface area contributed by atoms with E-state index in [1.165, 1.54) is 10.7 Å². The molecule has 0 amide bonds. The normalized spacial score (nSPS) is 42.2. The molecule has 0 aromatic rings. The SMILES string of the molecule is CN(CC#N)S(=O)(=O)C1C2CC3CC(C2)CC1C3.